The van der Waals surface area contributed by atoms with Crippen LogP contribution in [0.25, 0.3) is 10.8 Å². The lowest BCUT2D eigenvalue weighted by Crippen LogP contribution is -2.33. The van der Waals surface area contributed by atoms with Crippen molar-refractivity contribution in [3.8, 4) is 0 Å². The first-order chi connectivity index (χ1) is 7.71. The Kier molecular flexibility index (Phi) is 2.01. The third-order valence-electron chi connectivity index (χ3n) is 3.55. The second-order valence-corrected chi connectivity index (χ2v) is 4.53. The molecule has 0 aliphatic heterocycles. The minimum absolute atomic E-state index is 0.220. The van der Waals surface area contributed by atoms with Crippen LogP contribution in [0.5, 0.6) is 0 Å². The van der Waals surface area contributed by atoms with Crippen molar-refractivity contribution in [2.24, 2.45) is 0 Å². The monoisotopic (exact) mass is 216 g/mol. The molecule has 0 atom stereocenters. The Hall–Kier alpha value is -1.41. The van der Waals surface area contributed by atoms with E-state index in [-0.39, 0.29) is 5.82 Å². The van der Waals surface area contributed by atoms with Gasteiger partial charge in [0.15, 0.2) is 0 Å². The maximum atomic E-state index is 13.6. The predicted octanol–water partition coefficient (Wildman–Crippen LogP) is 3.35. The van der Waals surface area contributed by atoms with E-state index >= 15 is 0 Å². The summed E-state index contributed by atoms with van der Waals surface area (Å²) in [4.78, 5) is 0. The number of hydrogen-bond acceptors (Lipinski definition) is 1. The van der Waals surface area contributed by atoms with E-state index < -0.39 is 5.60 Å². The second kappa shape index (κ2) is 3.29. The van der Waals surface area contributed by atoms with E-state index in [9.17, 15) is 9.50 Å². The topological polar surface area (TPSA) is 20.2 Å². The van der Waals surface area contributed by atoms with Gasteiger partial charge in [0, 0.05) is 5.39 Å². The summed E-state index contributed by atoms with van der Waals surface area (Å²) < 4.78 is 13.6. The van der Waals surface area contributed by atoms with Crippen LogP contribution in [-0.2, 0) is 5.60 Å². The Morgan fingerprint density at radius 3 is 2.31 bits per heavy atom. The van der Waals surface area contributed by atoms with Gasteiger partial charge in [-0.3, -0.25) is 0 Å². The molecule has 0 bridgehead atoms. The molecule has 0 amide bonds. The van der Waals surface area contributed by atoms with Gasteiger partial charge in [-0.2, -0.15) is 0 Å². The highest BCUT2D eigenvalue weighted by Crippen LogP contribution is 2.43. The molecule has 1 aliphatic carbocycles. The highest BCUT2D eigenvalue weighted by molar-refractivity contribution is 5.87. The normalized spacial score (nSPS) is 18.4. The number of rotatable bonds is 1. The Bertz CT molecular complexity index is 543. The van der Waals surface area contributed by atoms with E-state index in [0.29, 0.717) is 5.39 Å². The molecule has 2 aromatic rings. The standard InChI is InChI=1S/C14H13FO/c15-13-7-6-12(14(16)8-3-9-14)10-4-1-2-5-11(10)13/h1-2,4-7,16H,3,8-9H2. The lowest BCUT2D eigenvalue weighted by Gasteiger charge is -2.37. The fourth-order valence-electron chi connectivity index (χ4n) is 2.45. The zero-order valence-electron chi connectivity index (χ0n) is 8.91. The van der Waals surface area contributed by atoms with Gasteiger partial charge < -0.3 is 5.11 Å². The van der Waals surface area contributed by atoms with E-state index in [2.05, 4.69) is 0 Å². The van der Waals surface area contributed by atoms with Crippen LogP contribution in [0.2, 0.25) is 0 Å². The van der Waals surface area contributed by atoms with Crippen LogP contribution in [0.4, 0.5) is 4.39 Å². The third kappa shape index (κ3) is 1.26. The molecule has 1 aliphatic rings. The van der Waals surface area contributed by atoms with Gasteiger partial charge >= 0.3 is 0 Å². The van der Waals surface area contributed by atoms with Crippen LogP contribution in [0, 0.1) is 5.82 Å². The van der Waals surface area contributed by atoms with Gasteiger partial charge in [0.25, 0.3) is 0 Å². The van der Waals surface area contributed by atoms with E-state index in [1.165, 1.54) is 6.07 Å². The minimum Gasteiger partial charge on any atom is -0.385 e. The first kappa shape index (κ1) is 9.79. The molecule has 1 saturated carbocycles. The maximum absolute atomic E-state index is 13.6. The van der Waals surface area contributed by atoms with Crippen LogP contribution in [-0.4, -0.2) is 5.11 Å². The molecular formula is C14H13FO. The van der Waals surface area contributed by atoms with Crippen molar-refractivity contribution in [2.45, 2.75) is 24.9 Å². The minimum atomic E-state index is -0.729. The SMILES string of the molecule is OC1(c2ccc(F)c3ccccc23)CCC1. The van der Waals surface area contributed by atoms with Gasteiger partial charge in [-0.05, 0) is 36.3 Å². The first-order valence-corrected chi connectivity index (χ1v) is 5.61. The Morgan fingerprint density at radius 1 is 1.00 bits per heavy atom. The average Bonchev–Trinajstić information content (AvgIpc) is 2.27. The number of aliphatic hydroxyl groups is 1. The maximum Gasteiger partial charge on any atom is 0.131 e. The number of hydrogen-bond donors (Lipinski definition) is 1. The predicted molar refractivity (Wildman–Crippen MR) is 61.7 cm³/mol. The van der Waals surface area contributed by atoms with Gasteiger partial charge in [-0.25, -0.2) is 4.39 Å². The van der Waals surface area contributed by atoms with Crippen molar-refractivity contribution in [3.05, 3.63) is 47.8 Å². The van der Waals surface area contributed by atoms with Crippen molar-refractivity contribution in [3.63, 3.8) is 0 Å². The summed E-state index contributed by atoms with van der Waals surface area (Å²) in [6.45, 7) is 0. The fraction of sp³-hybridized carbons (Fsp3) is 0.286. The lowest BCUT2D eigenvalue weighted by atomic mass is 9.73. The van der Waals surface area contributed by atoms with Gasteiger partial charge in [0.05, 0.1) is 5.60 Å². The number of halogens is 1. The Balaban J connectivity index is 2.30. The van der Waals surface area contributed by atoms with Gasteiger partial charge in [0.2, 0.25) is 0 Å². The molecule has 0 saturated heterocycles. The smallest absolute Gasteiger partial charge is 0.131 e. The molecule has 1 nitrogen and oxygen atoms in total. The summed E-state index contributed by atoms with van der Waals surface area (Å²) in [5.41, 5.74) is 0.142. The van der Waals surface area contributed by atoms with Gasteiger partial charge in [-0.15, -0.1) is 0 Å². The Morgan fingerprint density at radius 2 is 1.69 bits per heavy atom. The van der Waals surface area contributed by atoms with Gasteiger partial charge in [-0.1, -0.05) is 30.3 Å². The molecule has 0 aromatic heterocycles. The van der Waals surface area contributed by atoms with E-state index in [4.69, 9.17) is 0 Å². The molecule has 3 rings (SSSR count). The highest BCUT2D eigenvalue weighted by Gasteiger charge is 2.37. The molecular weight excluding hydrogens is 203 g/mol. The largest absolute Gasteiger partial charge is 0.385 e. The second-order valence-electron chi connectivity index (χ2n) is 4.53. The molecule has 2 aromatic carbocycles. The molecule has 2 heteroatoms. The summed E-state index contributed by atoms with van der Waals surface area (Å²) >= 11 is 0. The van der Waals surface area contributed by atoms with E-state index in [1.54, 1.807) is 12.1 Å². The zero-order chi connectivity index (χ0) is 11.2. The summed E-state index contributed by atoms with van der Waals surface area (Å²) in [7, 11) is 0. The molecule has 82 valence electrons. The quantitative estimate of drug-likeness (QED) is 0.775. The van der Waals surface area contributed by atoms with Crippen molar-refractivity contribution in [1.29, 1.82) is 0 Å². The first-order valence-electron chi connectivity index (χ1n) is 5.61. The molecule has 0 spiro atoms. The molecule has 0 unspecified atom stereocenters. The average molecular weight is 216 g/mol. The summed E-state index contributed by atoms with van der Waals surface area (Å²) in [6, 6.07) is 10.5. The van der Waals surface area contributed by atoms with Crippen molar-refractivity contribution >= 4 is 10.8 Å². The van der Waals surface area contributed by atoms with Crippen LogP contribution < -0.4 is 0 Å². The molecule has 0 radical (unpaired) electrons. The third-order valence-corrected chi connectivity index (χ3v) is 3.55. The molecule has 0 heterocycles. The van der Waals surface area contributed by atoms with E-state index in [1.807, 2.05) is 18.2 Å². The Labute approximate surface area is 93.5 Å². The summed E-state index contributed by atoms with van der Waals surface area (Å²) in [6.07, 6.45) is 2.60. The van der Waals surface area contributed by atoms with Crippen molar-refractivity contribution in [2.75, 3.05) is 0 Å². The van der Waals surface area contributed by atoms with Gasteiger partial charge in [0.1, 0.15) is 5.82 Å². The lowest BCUT2D eigenvalue weighted by molar-refractivity contribution is -0.0374. The number of fused-ring (bicyclic) bond motifs is 1. The zero-order valence-corrected chi connectivity index (χ0v) is 8.91. The van der Waals surface area contributed by atoms with Crippen LogP contribution in [0.1, 0.15) is 24.8 Å². The van der Waals surface area contributed by atoms with E-state index in [0.717, 1.165) is 30.2 Å². The van der Waals surface area contributed by atoms with Crippen LogP contribution in [0.15, 0.2) is 36.4 Å². The molecule has 1 N–H and O–H groups in total. The highest BCUT2D eigenvalue weighted by atomic mass is 19.1. The fourth-order valence-corrected chi connectivity index (χ4v) is 2.45. The van der Waals surface area contributed by atoms with Crippen LogP contribution in [0.3, 0.4) is 0 Å². The summed E-state index contributed by atoms with van der Waals surface area (Å²) in [5.74, 6) is -0.220. The van der Waals surface area contributed by atoms with Crippen molar-refractivity contribution < 1.29 is 9.50 Å². The molecule has 16 heavy (non-hydrogen) atoms. The summed E-state index contributed by atoms with van der Waals surface area (Å²) in [5, 5.41) is 11.8. The number of benzene rings is 2. The van der Waals surface area contributed by atoms with Crippen LogP contribution >= 0.6 is 0 Å². The molecule has 1 fully saturated rings. The van der Waals surface area contributed by atoms with Crippen molar-refractivity contribution in [1.82, 2.24) is 0 Å².